The van der Waals surface area contributed by atoms with Gasteiger partial charge in [0.1, 0.15) is 0 Å². The fourth-order valence-electron chi connectivity index (χ4n) is 1.50. The first-order chi connectivity index (χ1) is 8.77. The van der Waals surface area contributed by atoms with Gasteiger partial charge in [0.25, 0.3) is 0 Å². The van der Waals surface area contributed by atoms with E-state index in [-0.39, 0.29) is 22.5 Å². The number of nitrogens with one attached hydrogen (secondary N) is 1. The molecule has 0 aromatic heterocycles. The molecule has 0 saturated heterocycles. The molecule has 19 heavy (non-hydrogen) atoms. The summed E-state index contributed by atoms with van der Waals surface area (Å²) in [6.07, 6.45) is 0. The maximum absolute atomic E-state index is 12.2. The molecule has 0 aliphatic heterocycles. The van der Waals surface area contributed by atoms with Gasteiger partial charge >= 0.3 is 0 Å². The quantitative estimate of drug-likeness (QED) is 0.786. The smallest absolute Gasteiger partial charge is 0.240 e. The van der Waals surface area contributed by atoms with Crippen LogP contribution in [0.1, 0.15) is 13.8 Å². The Morgan fingerprint density at radius 2 is 2.05 bits per heavy atom. The molecule has 0 saturated carbocycles. The molecule has 1 aromatic rings. The number of rotatable bonds is 6. The molecule has 0 spiro atoms. The second kappa shape index (κ2) is 6.56. The van der Waals surface area contributed by atoms with Gasteiger partial charge < -0.3 is 10.5 Å². The molecule has 1 atom stereocenters. The predicted molar refractivity (Wildman–Crippen MR) is 76.7 cm³/mol. The van der Waals surface area contributed by atoms with Gasteiger partial charge in [-0.1, -0.05) is 25.4 Å². The molecule has 0 heterocycles. The minimum Gasteiger partial charge on any atom is -0.397 e. The van der Waals surface area contributed by atoms with Gasteiger partial charge in [-0.15, -0.1) is 0 Å². The predicted octanol–water partition coefficient (Wildman–Crippen LogP) is 1.87. The standard InChI is InChI=1S/C12H19ClN2O3S/c1-8(2)12(7-18-3)15-19(16,17)9-4-5-10(13)11(14)6-9/h4-6,8,12,15H,7,14H2,1-3H3. The number of nitrogen functional groups attached to an aromatic ring is 1. The Kier molecular flexibility index (Phi) is 5.61. The van der Waals surface area contributed by atoms with E-state index in [2.05, 4.69) is 4.72 Å². The number of anilines is 1. The molecule has 7 heteroatoms. The van der Waals surface area contributed by atoms with E-state index < -0.39 is 10.0 Å². The molecule has 3 N–H and O–H groups in total. The summed E-state index contributed by atoms with van der Waals surface area (Å²) in [7, 11) is -2.10. The van der Waals surface area contributed by atoms with Crippen molar-refractivity contribution in [1.82, 2.24) is 4.72 Å². The van der Waals surface area contributed by atoms with Gasteiger partial charge in [-0.3, -0.25) is 0 Å². The Hall–Kier alpha value is -0.820. The van der Waals surface area contributed by atoms with Crippen LogP contribution in [0.3, 0.4) is 0 Å². The zero-order valence-electron chi connectivity index (χ0n) is 11.2. The highest BCUT2D eigenvalue weighted by molar-refractivity contribution is 7.89. The van der Waals surface area contributed by atoms with E-state index in [1.54, 1.807) is 0 Å². The lowest BCUT2D eigenvalue weighted by molar-refractivity contribution is 0.157. The average Bonchev–Trinajstić information content (AvgIpc) is 2.31. The van der Waals surface area contributed by atoms with Gasteiger partial charge in [-0.2, -0.15) is 0 Å². The van der Waals surface area contributed by atoms with E-state index in [4.69, 9.17) is 22.1 Å². The van der Waals surface area contributed by atoms with Crippen LogP contribution in [0.4, 0.5) is 5.69 Å². The first-order valence-electron chi connectivity index (χ1n) is 5.84. The maximum Gasteiger partial charge on any atom is 0.240 e. The number of nitrogens with two attached hydrogens (primary N) is 1. The highest BCUT2D eigenvalue weighted by Gasteiger charge is 2.22. The van der Waals surface area contributed by atoms with Gasteiger partial charge in [-0.25, -0.2) is 13.1 Å². The van der Waals surface area contributed by atoms with Gasteiger partial charge in [0.15, 0.2) is 0 Å². The summed E-state index contributed by atoms with van der Waals surface area (Å²) in [5, 5.41) is 0.330. The van der Waals surface area contributed by atoms with Crippen molar-refractivity contribution < 1.29 is 13.2 Å². The van der Waals surface area contributed by atoms with Crippen molar-refractivity contribution in [3.8, 4) is 0 Å². The van der Waals surface area contributed by atoms with E-state index >= 15 is 0 Å². The molecule has 108 valence electrons. The Labute approximate surface area is 119 Å². The van der Waals surface area contributed by atoms with E-state index in [1.807, 2.05) is 13.8 Å². The SMILES string of the molecule is COCC(NS(=O)(=O)c1ccc(Cl)c(N)c1)C(C)C. The number of sulfonamides is 1. The number of hydrogen-bond donors (Lipinski definition) is 2. The summed E-state index contributed by atoms with van der Waals surface area (Å²) in [6, 6.07) is 3.93. The second-order valence-electron chi connectivity index (χ2n) is 4.61. The lowest BCUT2D eigenvalue weighted by atomic mass is 10.1. The third-order valence-electron chi connectivity index (χ3n) is 2.74. The van der Waals surface area contributed by atoms with Crippen LogP contribution in [-0.4, -0.2) is 28.2 Å². The maximum atomic E-state index is 12.2. The average molecular weight is 307 g/mol. The molecule has 0 radical (unpaired) electrons. The Bertz CT molecular complexity index is 532. The van der Waals surface area contributed by atoms with Crippen molar-refractivity contribution in [3.05, 3.63) is 23.2 Å². The number of ether oxygens (including phenoxy) is 1. The fourth-order valence-corrected chi connectivity index (χ4v) is 3.02. The normalized spacial score (nSPS) is 13.7. The highest BCUT2D eigenvalue weighted by Crippen LogP contribution is 2.22. The molecular formula is C12H19ClN2O3S. The minimum absolute atomic E-state index is 0.0937. The zero-order valence-corrected chi connectivity index (χ0v) is 12.8. The summed E-state index contributed by atoms with van der Waals surface area (Å²) in [6.45, 7) is 4.14. The molecule has 0 aliphatic rings. The summed E-state index contributed by atoms with van der Waals surface area (Å²) in [5.41, 5.74) is 5.85. The first-order valence-corrected chi connectivity index (χ1v) is 7.70. The van der Waals surface area contributed by atoms with Crippen molar-refractivity contribution in [2.45, 2.75) is 24.8 Å². The molecular weight excluding hydrogens is 288 g/mol. The lowest BCUT2D eigenvalue weighted by Crippen LogP contribution is -2.41. The minimum atomic E-state index is -3.63. The summed E-state index contributed by atoms with van der Waals surface area (Å²) in [4.78, 5) is 0.0937. The molecule has 0 amide bonds. The van der Waals surface area contributed by atoms with Gasteiger partial charge in [0.05, 0.1) is 22.2 Å². The number of halogens is 1. The van der Waals surface area contributed by atoms with Crippen LogP contribution < -0.4 is 10.5 Å². The molecule has 0 fully saturated rings. The molecule has 0 aliphatic carbocycles. The third-order valence-corrected chi connectivity index (χ3v) is 4.57. The Morgan fingerprint density at radius 3 is 2.53 bits per heavy atom. The molecule has 1 rings (SSSR count). The third kappa shape index (κ3) is 4.35. The van der Waals surface area contributed by atoms with Crippen LogP contribution in [0.15, 0.2) is 23.1 Å². The van der Waals surface area contributed by atoms with E-state index in [0.29, 0.717) is 11.6 Å². The second-order valence-corrected chi connectivity index (χ2v) is 6.73. The Morgan fingerprint density at radius 1 is 1.42 bits per heavy atom. The van der Waals surface area contributed by atoms with Crippen molar-refractivity contribution in [1.29, 1.82) is 0 Å². The Balaban J connectivity index is 2.99. The number of benzene rings is 1. The zero-order chi connectivity index (χ0) is 14.6. The van der Waals surface area contributed by atoms with E-state index in [0.717, 1.165) is 0 Å². The monoisotopic (exact) mass is 306 g/mol. The van der Waals surface area contributed by atoms with Crippen LogP contribution in [0.5, 0.6) is 0 Å². The van der Waals surface area contributed by atoms with Gasteiger partial charge in [-0.05, 0) is 24.1 Å². The van der Waals surface area contributed by atoms with Crippen molar-refractivity contribution in [2.75, 3.05) is 19.5 Å². The van der Waals surface area contributed by atoms with Crippen molar-refractivity contribution in [2.24, 2.45) is 5.92 Å². The lowest BCUT2D eigenvalue weighted by Gasteiger charge is -2.21. The van der Waals surface area contributed by atoms with Gasteiger partial charge in [0, 0.05) is 13.2 Å². The van der Waals surface area contributed by atoms with Crippen LogP contribution in [0, 0.1) is 5.92 Å². The topological polar surface area (TPSA) is 81.4 Å². The van der Waals surface area contributed by atoms with Crippen LogP contribution in [-0.2, 0) is 14.8 Å². The number of hydrogen-bond acceptors (Lipinski definition) is 4. The molecule has 5 nitrogen and oxygen atoms in total. The van der Waals surface area contributed by atoms with Crippen LogP contribution in [0.25, 0.3) is 0 Å². The number of methoxy groups -OCH3 is 1. The van der Waals surface area contributed by atoms with Crippen molar-refractivity contribution in [3.63, 3.8) is 0 Å². The van der Waals surface area contributed by atoms with Gasteiger partial charge in [0.2, 0.25) is 10.0 Å². The van der Waals surface area contributed by atoms with E-state index in [9.17, 15) is 8.42 Å². The molecule has 0 bridgehead atoms. The summed E-state index contributed by atoms with van der Waals surface area (Å²) >= 11 is 5.78. The summed E-state index contributed by atoms with van der Waals surface area (Å²) < 4.78 is 32.1. The van der Waals surface area contributed by atoms with Crippen molar-refractivity contribution >= 4 is 27.3 Å². The van der Waals surface area contributed by atoms with Crippen LogP contribution >= 0.6 is 11.6 Å². The molecule has 1 aromatic carbocycles. The largest absolute Gasteiger partial charge is 0.397 e. The molecule has 1 unspecified atom stereocenters. The van der Waals surface area contributed by atoms with Crippen LogP contribution in [0.2, 0.25) is 5.02 Å². The first kappa shape index (κ1) is 16.2. The highest BCUT2D eigenvalue weighted by atomic mass is 35.5. The summed E-state index contributed by atoms with van der Waals surface area (Å²) in [5.74, 6) is 0.111. The van der Waals surface area contributed by atoms with E-state index in [1.165, 1.54) is 25.3 Å². The fraction of sp³-hybridized carbons (Fsp3) is 0.500.